The van der Waals surface area contributed by atoms with E-state index in [4.69, 9.17) is 14.2 Å². The summed E-state index contributed by atoms with van der Waals surface area (Å²) < 4.78 is 18.2. The van der Waals surface area contributed by atoms with Crippen LogP contribution in [-0.2, 0) is 0 Å². The molecule has 0 heterocycles. The number of hydrogen-bond acceptors (Lipinski definition) is 8. The second-order valence-corrected chi connectivity index (χ2v) is 21.7. The zero-order valence-corrected chi connectivity index (χ0v) is 48.9. The fourth-order valence-corrected chi connectivity index (χ4v) is 10.7. The van der Waals surface area contributed by atoms with E-state index in [9.17, 15) is 24.0 Å². The smallest absolute Gasteiger partial charge is 0.193 e. The summed E-state index contributed by atoms with van der Waals surface area (Å²) in [5.41, 5.74) is 13.0. The first-order valence-electron chi connectivity index (χ1n) is 29.6. The highest BCUT2D eigenvalue weighted by molar-refractivity contribution is 6.13. The number of para-hydroxylation sites is 1. The van der Waals surface area contributed by atoms with Gasteiger partial charge in [-0.25, -0.2) is 0 Å². The fourth-order valence-electron chi connectivity index (χ4n) is 10.7. The van der Waals surface area contributed by atoms with Crippen LogP contribution in [0.25, 0.3) is 44.5 Å². The molecule has 0 bridgehead atoms. The Bertz CT molecular complexity index is 4720. The Kier molecular flexibility index (Phi) is 16.7. The molecule has 0 atom stereocenters. The van der Waals surface area contributed by atoms with Gasteiger partial charge < -0.3 is 14.2 Å². The minimum atomic E-state index is -0.169. The average molecular weight is 1180 g/mol. The number of rotatable bonds is 20. The molecule has 0 fully saturated rings. The molecule has 8 nitrogen and oxygen atoms in total. The van der Waals surface area contributed by atoms with Crippen molar-refractivity contribution in [2.45, 2.75) is 0 Å². The third-order valence-electron chi connectivity index (χ3n) is 15.8. The standard InChI is InChI=1S/C83H54O8/c84-79(63-7-3-1-4-8-63)64-21-11-55(12-22-64)57-15-25-67(26-16-57)82(87)71-41-51-77(52-42-71)90-75-47-35-60(36-48-75)59-19-29-66(30-20-59)81(86)70-33-31-69(32-34-70)80(85)65-23-13-56(14-24-65)58-17-27-68(28-18-58)83(88)72-43-53-78(54-44-72)91-76-49-39-62(40-50-76)61-37-45-74(46-38-61)89-73-9-5-2-6-10-73/h1-54H. The van der Waals surface area contributed by atoms with Crippen molar-refractivity contribution in [2.24, 2.45) is 0 Å². The third kappa shape index (κ3) is 13.5. The minimum absolute atomic E-state index is 0.0301. The summed E-state index contributed by atoms with van der Waals surface area (Å²) in [6, 6.07) is 100. The van der Waals surface area contributed by atoms with Crippen LogP contribution in [0.5, 0.6) is 34.5 Å². The quantitative estimate of drug-likeness (QED) is 0.0694. The zero-order chi connectivity index (χ0) is 62.0. The maximum absolute atomic E-state index is 13.6. The highest BCUT2D eigenvalue weighted by atomic mass is 16.5. The molecule has 0 aliphatic heterocycles. The maximum Gasteiger partial charge on any atom is 0.193 e. The molecule has 0 aliphatic carbocycles. The summed E-state index contributed by atoms with van der Waals surface area (Å²) in [6.45, 7) is 0. The highest BCUT2D eigenvalue weighted by Crippen LogP contribution is 2.32. The number of ether oxygens (including phenoxy) is 3. The van der Waals surface area contributed by atoms with Gasteiger partial charge >= 0.3 is 0 Å². The van der Waals surface area contributed by atoms with Crippen molar-refractivity contribution < 1.29 is 38.2 Å². The lowest BCUT2D eigenvalue weighted by molar-refractivity contribution is 0.102. The predicted octanol–water partition coefficient (Wildman–Crippen LogP) is 19.9. The molecule has 13 aromatic carbocycles. The maximum atomic E-state index is 13.6. The second kappa shape index (κ2) is 26.3. The van der Waals surface area contributed by atoms with Crippen molar-refractivity contribution in [3.8, 4) is 79.0 Å². The van der Waals surface area contributed by atoms with E-state index in [1.165, 1.54) is 0 Å². The van der Waals surface area contributed by atoms with Gasteiger partial charge in [-0.05, 0) is 142 Å². The molecule has 13 rings (SSSR count). The molecule has 13 aromatic rings. The van der Waals surface area contributed by atoms with Crippen LogP contribution < -0.4 is 14.2 Å². The molecule has 0 unspecified atom stereocenters. The van der Waals surface area contributed by atoms with Crippen LogP contribution in [0.4, 0.5) is 0 Å². The van der Waals surface area contributed by atoms with Gasteiger partial charge in [-0.2, -0.15) is 0 Å². The van der Waals surface area contributed by atoms with Gasteiger partial charge in [-0.3, -0.25) is 24.0 Å². The summed E-state index contributed by atoms with van der Waals surface area (Å²) in [4.78, 5) is 67.0. The normalized spacial score (nSPS) is 10.9. The molecule has 434 valence electrons. The van der Waals surface area contributed by atoms with Gasteiger partial charge in [-0.1, -0.05) is 231 Å². The average Bonchev–Trinajstić information content (AvgIpc) is 3.77. The molecule has 0 N–H and O–H groups in total. The Morgan fingerprint density at radius 3 is 0.484 bits per heavy atom. The topological polar surface area (TPSA) is 113 Å². The minimum Gasteiger partial charge on any atom is -0.457 e. The molecule has 91 heavy (non-hydrogen) atoms. The SMILES string of the molecule is O=C(c1ccc(C(=O)c2ccc(-c3ccc(C(=O)c4ccc(Oc5ccc(-c6ccc(Oc7ccccc7)cc6)cc5)cc4)cc3)cc2)cc1)c1ccc(-c2ccc(Oc3ccc(C(=O)c4ccc(-c5ccc(C(=O)c6ccccc6)cc5)cc4)cc3)cc2)cc1. The van der Waals surface area contributed by atoms with E-state index in [1.54, 1.807) is 121 Å². The first-order valence-corrected chi connectivity index (χ1v) is 29.6. The van der Waals surface area contributed by atoms with Gasteiger partial charge in [0.15, 0.2) is 28.9 Å². The van der Waals surface area contributed by atoms with Gasteiger partial charge in [0, 0.05) is 55.6 Å². The molecule has 0 radical (unpaired) electrons. The molecular formula is C83H54O8. The monoisotopic (exact) mass is 1180 g/mol. The number of benzene rings is 13. The Hall–Kier alpha value is -12.4. The third-order valence-corrected chi connectivity index (χ3v) is 15.8. The molecule has 8 heteroatoms. The number of hydrogen-bond donors (Lipinski definition) is 0. The van der Waals surface area contributed by atoms with E-state index in [2.05, 4.69) is 0 Å². The first kappa shape index (κ1) is 57.7. The van der Waals surface area contributed by atoms with Gasteiger partial charge in [0.25, 0.3) is 0 Å². The Morgan fingerprint density at radius 2 is 0.275 bits per heavy atom. The Morgan fingerprint density at radius 1 is 0.143 bits per heavy atom. The van der Waals surface area contributed by atoms with Crippen molar-refractivity contribution in [3.05, 3.63) is 383 Å². The van der Waals surface area contributed by atoms with Crippen LogP contribution in [0.3, 0.4) is 0 Å². The summed E-state index contributed by atoms with van der Waals surface area (Å²) in [7, 11) is 0. The molecule has 0 amide bonds. The summed E-state index contributed by atoms with van der Waals surface area (Å²) in [5.74, 6) is 3.47. The van der Waals surface area contributed by atoms with E-state index in [1.807, 2.05) is 206 Å². The van der Waals surface area contributed by atoms with Crippen LogP contribution in [-0.4, -0.2) is 28.9 Å². The van der Waals surface area contributed by atoms with Crippen molar-refractivity contribution in [2.75, 3.05) is 0 Å². The number of carbonyl (C=O) groups is 5. The molecule has 0 saturated heterocycles. The number of carbonyl (C=O) groups excluding carboxylic acids is 5. The van der Waals surface area contributed by atoms with Crippen LogP contribution in [0.1, 0.15) is 79.6 Å². The summed E-state index contributed by atoms with van der Waals surface area (Å²) in [5, 5.41) is 0. The van der Waals surface area contributed by atoms with Crippen molar-refractivity contribution in [1.29, 1.82) is 0 Å². The first-order chi connectivity index (χ1) is 44.6. The lowest BCUT2D eigenvalue weighted by atomic mass is 9.96. The van der Waals surface area contributed by atoms with Crippen LogP contribution in [0.15, 0.2) is 328 Å². The van der Waals surface area contributed by atoms with Crippen LogP contribution in [0, 0.1) is 0 Å². The van der Waals surface area contributed by atoms with Gasteiger partial charge in [-0.15, -0.1) is 0 Å². The Labute approximate surface area is 526 Å². The lowest BCUT2D eigenvalue weighted by Gasteiger charge is -2.09. The van der Waals surface area contributed by atoms with Gasteiger partial charge in [0.05, 0.1) is 0 Å². The highest BCUT2D eigenvalue weighted by Gasteiger charge is 2.17. The van der Waals surface area contributed by atoms with Crippen LogP contribution >= 0.6 is 0 Å². The van der Waals surface area contributed by atoms with E-state index >= 15 is 0 Å². The van der Waals surface area contributed by atoms with Crippen molar-refractivity contribution >= 4 is 28.9 Å². The van der Waals surface area contributed by atoms with Crippen molar-refractivity contribution in [3.63, 3.8) is 0 Å². The Balaban J connectivity index is 0.559. The summed E-state index contributed by atoms with van der Waals surface area (Å²) in [6.07, 6.45) is 0. The van der Waals surface area contributed by atoms with E-state index in [-0.39, 0.29) is 28.9 Å². The van der Waals surface area contributed by atoms with Crippen molar-refractivity contribution in [1.82, 2.24) is 0 Å². The van der Waals surface area contributed by atoms with Gasteiger partial charge in [0.2, 0.25) is 0 Å². The molecule has 0 saturated carbocycles. The van der Waals surface area contributed by atoms with E-state index in [0.717, 1.165) is 56.0 Å². The van der Waals surface area contributed by atoms with Crippen LogP contribution in [0.2, 0.25) is 0 Å². The lowest BCUT2D eigenvalue weighted by Crippen LogP contribution is -2.04. The predicted molar refractivity (Wildman–Crippen MR) is 357 cm³/mol. The van der Waals surface area contributed by atoms with E-state index in [0.29, 0.717) is 78.6 Å². The fraction of sp³-hybridized carbons (Fsp3) is 0. The molecule has 0 spiro atoms. The van der Waals surface area contributed by atoms with E-state index < -0.39 is 0 Å². The largest absolute Gasteiger partial charge is 0.457 e. The second-order valence-electron chi connectivity index (χ2n) is 21.7. The molecule has 0 aliphatic rings. The zero-order valence-electron chi connectivity index (χ0n) is 48.9. The summed E-state index contributed by atoms with van der Waals surface area (Å²) >= 11 is 0. The van der Waals surface area contributed by atoms with Gasteiger partial charge in [0.1, 0.15) is 34.5 Å². The number of ketones is 5. The molecular weight excluding hydrogens is 1120 g/mol. The molecule has 0 aromatic heterocycles.